The maximum Gasteiger partial charge on any atom is 0.255 e. The largest absolute Gasteiger partial charge is 0.507 e. The van der Waals surface area contributed by atoms with Crippen LogP contribution in [0.3, 0.4) is 0 Å². The van der Waals surface area contributed by atoms with Crippen LogP contribution in [0.1, 0.15) is 35.2 Å². The molecule has 0 aromatic heterocycles. The molecule has 5 N–H and O–H groups in total. The van der Waals surface area contributed by atoms with E-state index in [1.165, 1.54) is 12.1 Å². The van der Waals surface area contributed by atoms with Crippen molar-refractivity contribution in [3.8, 4) is 17.2 Å². The van der Waals surface area contributed by atoms with Crippen molar-refractivity contribution in [2.75, 3.05) is 13.1 Å². The van der Waals surface area contributed by atoms with Gasteiger partial charge in [0.25, 0.3) is 5.91 Å². The Balaban J connectivity index is 1.38. The summed E-state index contributed by atoms with van der Waals surface area (Å²) in [7, 11) is 0. The van der Waals surface area contributed by atoms with Crippen LogP contribution < -0.4 is 10.6 Å². The number of nitrogens with one attached hydrogen (secondary N) is 2. The van der Waals surface area contributed by atoms with Gasteiger partial charge in [-0.25, -0.2) is 0 Å². The van der Waals surface area contributed by atoms with Crippen LogP contribution >= 0.6 is 0 Å². The molecular formula is C20H23N3O4. The quantitative estimate of drug-likeness (QED) is 0.379. The lowest BCUT2D eigenvalue weighted by Gasteiger charge is -2.13. The maximum absolute atomic E-state index is 12.0. The molecule has 1 atom stereocenters. The fourth-order valence-electron chi connectivity index (χ4n) is 3.01. The molecule has 0 radical (unpaired) electrons. The third kappa shape index (κ3) is 4.49. The summed E-state index contributed by atoms with van der Waals surface area (Å²) >= 11 is 0. The second-order valence-electron chi connectivity index (χ2n) is 6.47. The van der Waals surface area contributed by atoms with Gasteiger partial charge >= 0.3 is 0 Å². The molecule has 1 amide bonds. The van der Waals surface area contributed by atoms with E-state index in [1.807, 2.05) is 0 Å². The summed E-state index contributed by atoms with van der Waals surface area (Å²) in [6.07, 6.45) is 2.58. The first kappa shape index (κ1) is 18.6. The first-order valence-electron chi connectivity index (χ1n) is 8.94. The average molecular weight is 369 g/mol. The number of hydrogen-bond donors (Lipinski definition) is 5. The Morgan fingerprint density at radius 3 is 2.67 bits per heavy atom. The zero-order chi connectivity index (χ0) is 19.2. The van der Waals surface area contributed by atoms with Crippen molar-refractivity contribution in [2.24, 2.45) is 4.99 Å². The number of rotatable bonds is 7. The minimum absolute atomic E-state index is 0.0231. The fraction of sp³-hybridized carbons (Fsp3) is 0.300. The molecule has 0 unspecified atom stereocenters. The Labute approximate surface area is 157 Å². The Morgan fingerprint density at radius 2 is 1.85 bits per heavy atom. The highest BCUT2D eigenvalue weighted by molar-refractivity contribution is 6.02. The van der Waals surface area contributed by atoms with E-state index in [0.717, 1.165) is 19.3 Å². The molecule has 0 fully saturated rings. The standard InChI is InChI=1S/C20H23N3O4/c24-16-9-2-1-7-14(16)20(27)21-11-4-3-6-13-12-22-19(23-13)15-8-5-10-17(25)18(15)26/h1-2,5,7-10,13,24-26H,3-4,6,11-12H2,(H,21,27)(H,22,23)/t13-/m0/s1. The topological polar surface area (TPSA) is 114 Å². The smallest absolute Gasteiger partial charge is 0.255 e. The number of para-hydroxylation sites is 2. The van der Waals surface area contributed by atoms with Gasteiger partial charge in [0, 0.05) is 12.6 Å². The van der Waals surface area contributed by atoms with Crippen LogP contribution in [0.25, 0.3) is 0 Å². The number of unbranched alkanes of at least 4 members (excludes halogenated alkanes) is 1. The van der Waals surface area contributed by atoms with Gasteiger partial charge in [0.05, 0.1) is 17.7 Å². The first-order valence-corrected chi connectivity index (χ1v) is 8.94. The lowest BCUT2D eigenvalue weighted by Crippen LogP contribution is -2.31. The Morgan fingerprint density at radius 1 is 1.07 bits per heavy atom. The van der Waals surface area contributed by atoms with E-state index in [0.29, 0.717) is 24.5 Å². The van der Waals surface area contributed by atoms with E-state index < -0.39 is 0 Å². The van der Waals surface area contributed by atoms with Gasteiger partial charge in [-0.1, -0.05) is 18.2 Å². The predicted octanol–water partition coefficient (Wildman–Crippen LogP) is 2.12. The van der Waals surface area contributed by atoms with E-state index in [9.17, 15) is 20.1 Å². The van der Waals surface area contributed by atoms with E-state index in [1.54, 1.807) is 30.3 Å². The molecule has 0 saturated carbocycles. The normalized spacial score (nSPS) is 15.9. The van der Waals surface area contributed by atoms with Crippen molar-refractivity contribution >= 4 is 11.7 Å². The zero-order valence-electron chi connectivity index (χ0n) is 14.9. The maximum atomic E-state index is 12.0. The number of amidine groups is 1. The van der Waals surface area contributed by atoms with Crippen LogP contribution in [0.4, 0.5) is 0 Å². The fourth-order valence-corrected chi connectivity index (χ4v) is 3.01. The van der Waals surface area contributed by atoms with Crippen molar-refractivity contribution in [3.05, 3.63) is 53.6 Å². The highest BCUT2D eigenvalue weighted by Gasteiger charge is 2.21. The van der Waals surface area contributed by atoms with Gasteiger partial charge in [-0.3, -0.25) is 9.79 Å². The molecule has 2 aromatic carbocycles. The van der Waals surface area contributed by atoms with Gasteiger partial charge in [-0.05, 0) is 43.5 Å². The van der Waals surface area contributed by atoms with Gasteiger partial charge in [0.1, 0.15) is 11.6 Å². The summed E-state index contributed by atoms with van der Waals surface area (Å²) < 4.78 is 0. The van der Waals surface area contributed by atoms with Crippen molar-refractivity contribution < 1.29 is 20.1 Å². The van der Waals surface area contributed by atoms with Crippen molar-refractivity contribution in [3.63, 3.8) is 0 Å². The van der Waals surface area contributed by atoms with Crippen molar-refractivity contribution in [1.29, 1.82) is 0 Å². The highest BCUT2D eigenvalue weighted by Crippen LogP contribution is 2.29. The van der Waals surface area contributed by atoms with Crippen LogP contribution in [0.2, 0.25) is 0 Å². The molecule has 1 aliphatic heterocycles. The number of carbonyl (C=O) groups excluding carboxylic acids is 1. The van der Waals surface area contributed by atoms with E-state index in [4.69, 9.17) is 0 Å². The molecule has 142 valence electrons. The molecule has 0 saturated heterocycles. The second kappa shape index (κ2) is 8.44. The summed E-state index contributed by atoms with van der Waals surface area (Å²) in [5.41, 5.74) is 0.770. The van der Waals surface area contributed by atoms with Crippen molar-refractivity contribution in [2.45, 2.75) is 25.3 Å². The number of hydrogen-bond acceptors (Lipinski definition) is 6. The number of carbonyl (C=O) groups is 1. The SMILES string of the molecule is O=C(NCCCC[C@H]1CN=C(c2cccc(O)c2O)N1)c1ccccc1O. The zero-order valence-corrected chi connectivity index (χ0v) is 14.9. The molecule has 7 nitrogen and oxygen atoms in total. The van der Waals surface area contributed by atoms with Crippen LogP contribution in [-0.4, -0.2) is 46.2 Å². The van der Waals surface area contributed by atoms with E-state index in [2.05, 4.69) is 15.6 Å². The summed E-state index contributed by atoms with van der Waals surface area (Å²) in [4.78, 5) is 16.4. The van der Waals surface area contributed by atoms with Crippen molar-refractivity contribution in [1.82, 2.24) is 10.6 Å². The number of phenolic OH excluding ortho intramolecular Hbond substituents is 3. The number of aromatic hydroxyl groups is 3. The minimum atomic E-state index is -0.280. The lowest BCUT2D eigenvalue weighted by atomic mass is 10.1. The molecule has 0 spiro atoms. The molecular weight excluding hydrogens is 346 g/mol. The van der Waals surface area contributed by atoms with E-state index in [-0.39, 0.29) is 34.8 Å². The molecule has 1 aliphatic rings. The van der Waals surface area contributed by atoms with Gasteiger partial charge in [-0.2, -0.15) is 0 Å². The number of phenols is 3. The van der Waals surface area contributed by atoms with Gasteiger partial charge in [0.2, 0.25) is 0 Å². The number of nitrogens with zero attached hydrogens (tertiary/aromatic N) is 1. The molecule has 1 heterocycles. The third-order valence-corrected chi connectivity index (χ3v) is 4.49. The first-order chi connectivity index (χ1) is 13.1. The highest BCUT2D eigenvalue weighted by atomic mass is 16.3. The molecule has 7 heteroatoms. The summed E-state index contributed by atoms with van der Waals surface area (Å²) in [6, 6.07) is 11.4. The second-order valence-corrected chi connectivity index (χ2v) is 6.47. The molecule has 3 rings (SSSR count). The van der Waals surface area contributed by atoms with Gasteiger partial charge < -0.3 is 26.0 Å². The Hall–Kier alpha value is -3.22. The average Bonchev–Trinajstić information content (AvgIpc) is 3.12. The number of benzene rings is 2. The third-order valence-electron chi connectivity index (χ3n) is 4.49. The summed E-state index contributed by atoms with van der Waals surface area (Å²) in [5, 5.41) is 35.3. The molecule has 0 bridgehead atoms. The lowest BCUT2D eigenvalue weighted by molar-refractivity contribution is 0.0950. The monoisotopic (exact) mass is 369 g/mol. The van der Waals surface area contributed by atoms with Gasteiger partial charge in [0.15, 0.2) is 11.5 Å². The predicted molar refractivity (Wildman–Crippen MR) is 102 cm³/mol. The molecule has 0 aliphatic carbocycles. The minimum Gasteiger partial charge on any atom is -0.507 e. The number of aliphatic imine (C=N–C) groups is 1. The van der Waals surface area contributed by atoms with E-state index >= 15 is 0 Å². The van der Waals surface area contributed by atoms with Crippen LogP contribution in [0.15, 0.2) is 47.5 Å². The summed E-state index contributed by atoms with van der Waals surface area (Å²) in [5.74, 6) is -0.0553. The molecule has 2 aromatic rings. The summed E-state index contributed by atoms with van der Waals surface area (Å²) in [6.45, 7) is 1.13. The molecule has 27 heavy (non-hydrogen) atoms. The Kier molecular flexibility index (Phi) is 5.80. The van der Waals surface area contributed by atoms with Gasteiger partial charge in [-0.15, -0.1) is 0 Å². The number of amides is 1. The van der Waals surface area contributed by atoms with Crippen LogP contribution in [-0.2, 0) is 0 Å². The van der Waals surface area contributed by atoms with Crippen LogP contribution in [0, 0.1) is 0 Å². The van der Waals surface area contributed by atoms with Crippen LogP contribution in [0.5, 0.6) is 17.2 Å². The Bertz CT molecular complexity index is 851.